The second-order valence-corrected chi connectivity index (χ2v) is 6.20. The normalized spacial score (nSPS) is 13.8. The summed E-state index contributed by atoms with van der Waals surface area (Å²) in [4.78, 5) is 4.14. The second-order valence-electron chi connectivity index (χ2n) is 5.77. The molecule has 0 fully saturated rings. The molecule has 4 nitrogen and oxygen atoms in total. The van der Waals surface area contributed by atoms with Crippen LogP contribution in [0.5, 0.6) is 0 Å². The summed E-state index contributed by atoms with van der Waals surface area (Å²) in [6.45, 7) is 4.75. The molecule has 0 unspecified atom stereocenters. The van der Waals surface area contributed by atoms with E-state index >= 15 is 0 Å². The molecule has 0 saturated heterocycles. The van der Waals surface area contributed by atoms with Gasteiger partial charge >= 0.3 is 0 Å². The SMILES string of the molecule is Cc1cc(Cl)ccc1-c1nn2c(c1-c1ccncc1)CNCC2. The molecule has 0 amide bonds. The fourth-order valence-corrected chi connectivity index (χ4v) is 3.38. The zero-order valence-electron chi connectivity index (χ0n) is 12.9. The van der Waals surface area contributed by atoms with Gasteiger partial charge in [-0.15, -0.1) is 0 Å². The van der Waals surface area contributed by atoms with Crippen LogP contribution in [0.1, 0.15) is 11.3 Å². The van der Waals surface area contributed by atoms with Crippen molar-refractivity contribution in [1.82, 2.24) is 20.1 Å². The van der Waals surface area contributed by atoms with Crippen molar-refractivity contribution in [3.8, 4) is 22.4 Å². The van der Waals surface area contributed by atoms with Gasteiger partial charge in [-0.05, 0) is 42.3 Å². The summed E-state index contributed by atoms with van der Waals surface area (Å²) in [6.07, 6.45) is 3.66. The molecular formula is C18H17ClN4. The van der Waals surface area contributed by atoms with Crippen molar-refractivity contribution in [2.75, 3.05) is 6.54 Å². The van der Waals surface area contributed by atoms with E-state index in [0.29, 0.717) is 0 Å². The predicted octanol–water partition coefficient (Wildman–Crippen LogP) is 3.68. The average molecular weight is 325 g/mol. The minimum Gasteiger partial charge on any atom is -0.309 e. The first kappa shape index (κ1) is 14.4. The Hall–Kier alpha value is -2.17. The number of fused-ring (bicyclic) bond motifs is 1. The Kier molecular flexibility index (Phi) is 3.63. The first-order chi connectivity index (χ1) is 11.2. The maximum absolute atomic E-state index is 6.12. The van der Waals surface area contributed by atoms with Crippen LogP contribution in [0.15, 0.2) is 42.7 Å². The first-order valence-corrected chi connectivity index (χ1v) is 8.09. The van der Waals surface area contributed by atoms with E-state index in [9.17, 15) is 0 Å². The molecule has 3 heterocycles. The lowest BCUT2D eigenvalue weighted by molar-refractivity contribution is 0.477. The molecular weight excluding hydrogens is 308 g/mol. The number of pyridine rings is 1. The van der Waals surface area contributed by atoms with Crippen LogP contribution >= 0.6 is 11.6 Å². The van der Waals surface area contributed by atoms with Gasteiger partial charge in [0.1, 0.15) is 5.69 Å². The Bertz CT molecular complexity index is 855. The third kappa shape index (κ3) is 2.54. The number of benzene rings is 1. The maximum atomic E-state index is 6.12. The molecule has 1 aliphatic rings. The standard InChI is InChI=1S/C18H17ClN4/c1-12-10-14(19)2-3-15(12)18-17(13-4-6-20-7-5-13)16-11-21-8-9-23(16)22-18/h2-7,10,21H,8-9,11H2,1H3. The molecule has 0 radical (unpaired) electrons. The molecule has 2 aromatic heterocycles. The highest BCUT2D eigenvalue weighted by molar-refractivity contribution is 6.30. The van der Waals surface area contributed by atoms with E-state index in [0.717, 1.165) is 47.0 Å². The number of aromatic nitrogens is 3. The summed E-state index contributed by atoms with van der Waals surface area (Å²) in [5.74, 6) is 0. The van der Waals surface area contributed by atoms with Gasteiger partial charge in [0.25, 0.3) is 0 Å². The number of hydrogen-bond donors (Lipinski definition) is 1. The Balaban J connectivity index is 1.98. The van der Waals surface area contributed by atoms with Crippen LogP contribution in [0, 0.1) is 6.92 Å². The summed E-state index contributed by atoms with van der Waals surface area (Å²) in [5, 5.41) is 9.10. The number of nitrogens with one attached hydrogen (secondary N) is 1. The predicted molar refractivity (Wildman–Crippen MR) is 92.3 cm³/mol. The number of aryl methyl sites for hydroxylation is 1. The van der Waals surface area contributed by atoms with E-state index in [-0.39, 0.29) is 0 Å². The van der Waals surface area contributed by atoms with Crippen LogP contribution in [0.25, 0.3) is 22.4 Å². The smallest absolute Gasteiger partial charge is 0.101 e. The molecule has 1 aliphatic heterocycles. The van der Waals surface area contributed by atoms with Crippen molar-refractivity contribution in [1.29, 1.82) is 0 Å². The average Bonchev–Trinajstić information content (AvgIpc) is 2.94. The minimum absolute atomic E-state index is 0.752. The first-order valence-electron chi connectivity index (χ1n) is 7.71. The van der Waals surface area contributed by atoms with Crippen LogP contribution < -0.4 is 5.32 Å². The summed E-state index contributed by atoms with van der Waals surface area (Å²) < 4.78 is 2.12. The lowest BCUT2D eigenvalue weighted by Crippen LogP contribution is -2.28. The van der Waals surface area contributed by atoms with Crippen molar-refractivity contribution in [3.05, 3.63) is 59.0 Å². The van der Waals surface area contributed by atoms with Gasteiger partial charge in [-0.2, -0.15) is 5.10 Å². The van der Waals surface area contributed by atoms with Gasteiger partial charge in [0.15, 0.2) is 0 Å². The van der Waals surface area contributed by atoms with Crippen LogP contribution in [0.2, 0.25) is 5.02 Å². The Labute approximate surface area is 140 Å². The highest BCUT2D eigenvalue weighted by Gasteiger charge is 2.23. The van der Waals surface area contributed by atoms with Crippen LogP contribution in [0.3, 0.4) is 0 Å². The largest absolute Gasteiger partial charge is 0.309 e. The zero-order valence-corrected chi connectivity index (χ0v) is 13.6. The van der Waals surface area contributed by atoms with Gasteiger partial charge in [0, 0.05) is 41.6 Å². The fourth-order valence-electron chi connectivity index (χ4n) is 3.16. The van der Waals surface area contributed by atoms with E-state index in [1.807, 2.05) is 36.7 Å². The monoisotopic (exact) mass is 324 g/mol. The third-order valence-corrected chi connectivity index (χ3v) is 4.50. The summed E-state index contributed by atoms with van der Waals surface area (Å²) in [7, 11) is 0. The molecule has 116 valence electrons. The van der Waals surface area contributed by atoms with Gasteiger partial charge in [0.2, 0.25) is 0 Å². The van der Waals surface area contributed by atoms with E-state index < -0.39 is 0 Å². The van der Waals surface area contributed by atoms with Crippen LogP contribution in [-0.4, -0.2) is 21.3 Å². The number of hydrogen-bond acceptors (Lipinski definition) is 3. The van der Waals surface area contributed by atoms with Crippen molar-refractivity contribution in [2.24, 2.45) is 0 Å². The van der Waals surface area contributed by atoms with Crippen molar-refractivity contribution < 1.29 is 0 Å². The minimum atomic E-state index is 0.752. The topological polar surface area (TPSA) is 42.7 Å². The number of halogens is 1. The molecule has 0 spiro atoms. The van der Waals surface area contributed by atoms with Crippen molar-refractivity contribution in [3.63, 3.8) is 0 Å². The van der Waals surface area contributed by atoms with Crippen LogP contribution in [-0.2, 0) is 13.1 Å². The molecule has 0 atom stereocenters. The van der Waals surface area contributed by atoms with Gasteiger partial charge in [0.05, 0.1) is 12.2 Å². The van der Waals surface area contributed by atoms with E-state index in [1.165, 1.54) is 11.3 Å². The Morgan fingerprint density at radius 1 is 1.17 bits per heavy atom. The summed E-state index contributed by atoms with van der Waals surface area (Å²) in [6, 6.07) is 10.1. The summed E-state index contributed by atoms with van der Waals surface area (Å²) in [5.41, 5.74) is 6.84. The highest BCUT2D eigenvalue weighted by Crippen LogP contribution is 2.37. The third-order valence-electron chi connectivity index (χ3n) is 4.26. The molecule has 4 rings (SSSR count). The maximum Gasteiger partial charge on any atom is 0.101 e. The van der Waals surface area contributed by atoms with Gasteiger partial charge in [-0.3, -0.25) is 9.67 Å². The van der Waals surface area contributed by atoms with Crippen molar-refractivity contribution >= 4 is 11.6 Å². The summed E-state index contributed by atoms with van der Waals surface area (Å²) >= 11 is 6.12. The van der Waals surface area contributed by atoms with Crippen molar-refractivity contribution in [2.45, 2.75) is 20.0 Å². The van der Waals surface area contributed by atoms with Gasteiger partial charge < -0.3 is 5.32 Å². The lowest BCUT2D eigenvalue weighted by Gasteiger charge is -2.16. The molecule has 5 heteroatoms. The van der Waals surface area contributed by atoms with Gasteiger partial charge in [-0.25, -0.2) is 0 Å². The highest BCUT2D eigenvalue weighted by atomic mass is 35.5. The number of rotatable bonds is 2. The van der Waals surface area contributed by atoms with E-state index in [4.69, 9.17) is 16.7 Å². The number of nitrogens with zero attached hydrogens (tertiary/aromatic N) is 3. The molecule has 3 aromatic rings. The Morgan fingerprint density at radius 3 is 2.78 bits per heavy atom. The lowest BCUT2D eigenvalue weighted by atomic mass is 9.97. The zero-order chi connectivity index (χ0) is 15.8. The second kappa shape index (κ2) is 5.80. The molecule has 0 saturated carbocycles. The Morgan fingerprint density at radius 2 is 2.00 bits per heavy atom. The fraction of sp³-hybridized carbons (Fsp3) is 0.222. The quantitative estimate of drug-likeness (QED) is 0.782. The molecule has 1 aromatic carbocycles. The molecule has 0 aliphatic carbocycles. The molecule has 0 bridgehead atoms. The van der Waals surface area contributed by atoms with E-state index in [1.54, 1.807) is 0 Å². The van der Waals surface area contributed by atoms with E-state index in [2.05, 4.69) is 28.0 Å². The molecule has 1 N–H and O–H groups in total. The van der Waals surface area contributed by atoms with Gasteiger partial charge in [-0.1, -0.05) is 17.7 Å². The van der Waals surface area contributed by atoms with Crippen LogP contribution in [0.4, 0.5) is 0 Å². The molecule has 23 heavy (non-hydrogen) atoms.